The van der Waals surface area contributed by atoms with E-state index in [9.17, 15) is 10.1 Å². The Labute approximate surface area is 179 Å². The van der Waals surface area contributed by atoms with Gasteiger partial charge in [-0.1, -0.05) is 11.6 Å². The lowest BCUT2D eigenvalue weighted by Gasteiger charge is -2.38. The Morgan fingerprint density at radius 1 is 1.27 bits per heavy atom. The van der Waals surface area contributed by atoms with Gasteiger partial charge in [0, 0.05) is 43.0 Å². The van der Waals surface area contributed by atoms with Crippen LogP contribution in [0.2, 0.25) is 5.02 Å². The average Bonchev–Trinajstić information content (AvgIpc) is 3.32. The zero-order valence-corrected chi connectivity index (χ0v) is 17.3. The fourth-order valence-corrected chi connectivity index (χ4v) is 5.35. The minimum absolute atomic E-state index is 0.0378. The average molecular weight is 427 g/mol. The van der Waals surface area contributed by atoms with Crippen LogP contribution < -0.4 is 20.1 Å². The molecule has 8 nitrogen and oxygen atoms in total. The zero-order chi connectivity index (χ0) is 20.7. The summed E-state index contributed by atoms with van der Waals surface area (Å²) in [5.74, 6) is 0.781. The number of nitriles is 1. The Bertz CT molecular complexity index is 1020. The molecule has 0 spiro atoms. The summed E-state index contributed by atoms with van der Waals surface area (Å²) in [5, 5.41) is 15.7. The fraction of sp³-hybridized carbons (Fsp3) is 0.524. The van der Waals surface area contributed by atoms with Gasteiger partial charge in [0.05, 0.1) is 30.4 Å². The van der Waals surface area contributed by atoms with Crippen LogP contribution in [0.1, 0.15) is 32.1 Å². The van der Waals surface area contributed by atoms with Gasteiger partial charge in [0.15, 0.2) is 0 Å². The second-order valence-corrected chi connectivity index (χ2v) is 8.69. The molecule has 156 valence electrons. The number of nitrogens with zero attached hydrogens (tertiary/aromatic N) is 5. The molecule has 5 heterocycles. The number of pyridine rings is 1. The smallest absolute Gasteiger partial charge is 0.285 e. The minimum atomic E-state index is -0.386. The van der Waals surface area contributed by atoms with Crippen LogP contribution in [0.25, 0.3) is 0 Å². The van der Waals surface area contributed by atoms with Crippen LogP contribution in [0, 0.1) is 17.2 Å². The number of rotatable bonds is 4. The molecule has 9 heteroatoms. The molecule has 5 rings (SSSR count). The SMILES string of the molecule is N#CC1CC2CCC(C1)N2c1ccnc(O[C@@H]2CCN(c3cn[nH]c(=O)c3Cl)C2)c1. The van der Waals surface area contributed by atoms with E-state index in [-0.39, 0.29) is 22.6 Å². The van der Waals surface area contributed by atoms with Crippen LogP contribution in [-0.2, 0) is 0 Å². The van der Waals surface area contributed by atoms with Crippen molar-refractivity contribution in [2.24, 2.45) is 5.92 Å². The first kappa shape index (κ1) is 19.2. The van der Waals surface area contributed by atoms with E-state index >= 15 is 0 Å². The van der Waals surface area contributed by atoms with Crippen molar-refractivity contribution in [1.29, 1.82) is 5.26 Å². The molecule has 3 saturated heterocycles. The molecule has 0 radical (unpaired) electrons. The number of anilines is 2. The molecule has 3 aliphatic rings. The molecule has 1 N–H and O–H groups in total. The molecule has 2 bridgehead atoms. The summed E-state index contributed by atoms with van der Waals surface area (Å²) in [5.41, 5.74) is 1.37. The highest BCUT2D eigenvalue weighted by atomic mass is 35.5. The maximum absolute atomic E-state index is 11.7. The van der Waals surface area contributed by atoms with Crippen LogP contribution in [0.15, 0.2) is 29.3 Å². The Hall–Kier alpha value is -2.79. The van der Waals surface area contributed by atoms with Crippen molar-refractivity contribution in [3.63, 3.8) is 0 Å². The van der Waals surface area contributed by atoms with Gasteiger partial charge in [-0.3, -0.25) is 4.79 Å². The predicted molar refractivity (Wildman–Crippen MR) is 113 cm³/mol. The number of aromatic amines is 1. The Balaban J connectivity index is 1.28. The highest BCUT2D eigenvalue weighted by molar-refractivity contribution is 6.33. The summed E-state index contributed by atoms with van der Waals surface area (Å²) < 4.78 is 6.18. The number of piperidine rings is 1. The minimum Gasteiger partial charge on any atom is -0.472 e. The summed E-state index contributed by atoms with van der Waals surface area (Å²) in [6, 6.07) is 7.36. The van der Waals surface area contributed by atoms with E-state index in [1.807, 2.05) is 17.0 Å². The van der Waals surface area contributed by atoms with Crippen LogP contribution in [0.3, 0.4) is 0 Å². The van der Waals surface area contributed by atoms with Crippen LogP contribution >= 0.6 is 11.6 Å². The van der Waals surface area contributed by atoms with Crippen molar-refractivity contribution in [1.82, 2.24) is 15.2 Å². The molecular formula is C21H23ClN6O2. The van der Waals surface area contributed by atoms with E-state index < -0.39 is 0 Å². The Morgan fingerprint density at radius 2 is 2.07 bits per heavy atom. The number of halogens is 1. The first-order valence-electron chi connectivity index (χ1n) is 10.4. The largest absolute Gasteiger partial charge is 0.472 e. The van der Waals surface area contributed by atoms with E-state index in [1.165, 1.54) is 0 Å². The number of H-pyrrole nitrogens is 1. The van der Waals surface area contributed by atoms with Gasteiger partial charge in [0.2, 0.25) is 5.88 Å². The highest BCUT2D eigenvalue weighted by Crippen LogP contribution is 2.42. The van der Waals surface area contributed by atoms with Gasteiger partial charge in [-0.05, 0) is 31.7 Å². The zero-order valence-electron chi connectivity index (χ0n) is 16.5. The van der Waals surface area contributed by atoms with Crippen molar-refractivity contribution < 1.29 is 4.74 Å². The molecular weight excluding hydrogens is 404 g/mol. The third-order valence-electron chi connectivity index (χ3n) is 6.48. The molecule has 0 amide bonds. The summed E-state index contributed by atoms with van der Waals surface area (Å²) in [6.45, 7) is 1.36. The molecule has 2 aromatic rings. The predicted octanol–water partition coefficient (Wildman–Crippen LogP) is 2.75. The summed E-state index contributed by atoms with van der Waals surface area (Å²) in [6.07, 6.45) is 8.31. The highest BCUT2D eigenvalue weighted by Gasteiger charge is 2.41. The first-order chi connectivity index (χ1) is 14.6. The topological polar surface area (TPSA) is 98.1 Å². The number of hydrogen-bond acceptors (Lipinski definition) is 7. The van der Waals surface area contributed by atoms with E-state index in [0.29, 0.717) is 30.2 Å². The number of fused-ring (bicyclic) bond motifs is 2. The first-order valence-corrected chi connectivity index (χ1v) is 10.8. The number of nitrogens with one attached hydrogen (secondary N) is 1. The van der Waals surface area contributed by atoms with Crippen LogP contribution in [0.4, 0.5) is 11.4 Å². The maximum Gasteiger partial charge on any atom is 0.285 e. The molecule has 3 fully saturated rings. The molecule has 3 atom stereocenters. The lowest BCUT2D eigenvalue weighted by Crippen LogP contribution is -2.42. The summed E-state index contributed by atoms with van der Waals surface area (Å²) >= 11 is 6.14. The second-order valence-electron chi connectivity index (χ2n) is 8.31. The van der Waals surface area contributed by atoms with Gasteiger partial charge in [-0.15, -0.1) is 0 Å². The normalized spacial score (nSPS) is 27.9. The summed E-state index contributed by atoms with van der Waals surface area (Å²) in [4.78, 5) is 20.6. The second kappa shape index (κ2) is 7.80. The van der Waals surface area contributed by atoms with Gasteiger partial charge in [0.25, 0.3) is 5.56 Å². The number of hydrogen-bond donors (Lipinski definition) is 1. The molecule has 2 unspecified atom stereocenters. The van der Waals surface area contributed by atoms with E-state index in [2.05, 4.69) is 26.2 Å². The third kappa shape index (κ3) is 3.47. The van der Waals surface area contributed by atoms with E-state index in [0.717, 1.165) is 44.3 Å². The molecule has 0 aliphatic carbocycles. The van der Waals surface area contributed by atoms with Crippen LogP contribution in [0.5, 0.6) is 5.88 Å². The third-order valence-corrected chi connectivity index (χ3v) is 6.85. The van der Waals surface area contributed by atoms with Gasteiger partial charge in [0.1, 0.15) is 11.1 Å². The Kier molecular flexibility index (Phi) is 4.99. The lowest BCUT2D eigenvalue weighted by molar-refractivity contribution is 0.216. The molecule has 0 saturated carbocycles. The summed E-state index contributed by atoms with van der Waals surface area (Å²) in [7, 11) is 0. The van der Waals surface area contributed by atoms with Gasteiger partial charge < -0.3 is 14.5 Å². The maximum atomic E-state index is 11.7. The van der Waals surface area contributed by atoms with Crippen LogP contribution in [-0.4, -0.2) is 46.5 Å². The van der Waals surface area contributed by atoms with Gasteiger partial charge in [-0.25, -0.2) is 10.1 Å². The molecule has 0 aromatic carbocycles. The van der Waals surface area contributed by atoms with E-state index in [4.69, 9.17) is 16.3 Å². The van der Waals surface area contributed by atoms with Crippen molar-refractivity contribution in [2.75, 3.05) is 22.9 Å². The van der Waals surface area contributed by atoms with Crippen molar-refractivity contribution >= 4 is 23.0 Å². The lowest BCUT2D eigenvalue weighted by atomic mass is 9.91. The fourth-order valence-electron chi connectivity index (χ4n) is 5.14. The number of aromatic nitrogens is 3. The standard InChI is InChI=1S/C21H23ClN6O2/c22-20-18(11-25-26-21(20)29)27-6-4-17(12-27)30-19-9-16(3-5-24-19)28-14-1-2-15(28)8-13(7-14)10-23/h3,5,9,11,13-15,17H,1-2,4,6-8,12H2,(H,26,29)/t13?,14?,15?,17-/m1/s1. The molecule has 2 aromatic heterocycles. The molecule has 3 aliphatic heterocycles. The Morgan fingerprint density at radius 3 is 2.83 bits per heavy atom. The van der Waals surface area contributed by atoms with Gasteiger partial charge in [-0.2, -0.15) is 10.4 Å². The van der Waals surface area contributed by atoms with E-state index in [1.54, 1.807) is 12.4 Å². The van der Waals surface area contributed by atoms with Crippen molar-refractivity contribution in [2.45, 2.75) is 50.3 Å². The van der Waals surface area contributed by atoms with Gasteiger partial charge >= 0.3 is 0 Å². The number of ether oxygens (including phenoxy) is 1. The van der Waals surface area contributed by atoms with Crippen molar-refractivity contribution in [3.05, 3.63) is 39.9 Å². The monoisotopic (exact) mass is 426 g/mol. The van der Waals surface area contributed by atoms with Crippen molar-refractivity contribution in [3.8, 4) is 11.9 Å². The molecule has 30 heavy (non-hydrogen) atoms. The quantitative estimate of drug-likeness (QED) is 0.802.